The van der Waals surface area contributed by atoms with Crippen molar-refractivity contribution in [2.45, 2.75) is 38.6 Å². The molecule has 116 valence electrons. The van der Waals surface area contributed by atoms with Gasteiger partial charge in [-0.3, -0.25) is 9.59 Å². The fourth-order valence-corrected chi connectivity index (χ4v) is 3.99. The molecule has 0 aromatic rings. The number of hydrogen-bond acceptors (Lipinski definition) is 5. The molecule has 20 heavy (non-hydrogen) atoms. The first-order valence-electron chi connectivity index (χ1n) is 6.57. The predicted molar refractivity (Wildman–Crippen MR) is 71.6 cm³/mol. The van der Waals surface area contributed by atoms with Crippen LogP contribution in [0.3, 0.4) is 0 Å². The van der Waals surface area contributed by atoms with E-state index in [1.54, 1.807) is 0 Å². The Bertz CT molecular complexity index is 461. The summed E-state index contributed by atoms with van der Waals surface area (Å²) in [6, 6.07) is -0.998. The van der Waals surface area contributed by atoms with E-state index in [0.29, 0.717) is 12.8 Å². The Morgan fingerprint density at radius 1 is 1.40 bits per heavy atom. The SMILES string of the molecule is COC(=O)CCCS(=O)(=O)N1CCC(C)CC1C(=O)O. The van der Waals surface area contributed by atoms with Gasteiger partial charge in [0.2, 0.25) is 10.0 Å². The van der Waals surface area contributed by atoms with E-state index in [4.69, 9.17) is 5.11 Å². The summed E-state index contributed by atoms with van der Waals surface area (Å²) in [6.45, 7) is 2.13. The fourth-order valence-electron chi connectivity index (χ4n) is 2.30. The summed E-state index contributed by atoms with van der Waals surface area (Å²) in [5, 5.41) is 9.16. The molecule has 1 heterocycles. The maximum absolute atomic E-state index is 12.2. The van der Waals surface area contributed by atoms with Gasteiger partial charge in [-0.05, 0) is 25.2 Å². The van der Waals surface area contributed by atoms with Crippen molar-refractivity contribution in [3.05, 3.63) is 0 Å². The zero-order chi connectivity index (χ0) is 15.3. The minimum absolute atomic E-state index is 0.0116. The van der Waals surface area contributed by atoms with Gasteiger partial charge in [0.25, 0.3) is 0 Å². The predicted octanol–water partition coefficient (Wildman–Crippen LogP) is 0.454. The molecular weight excluding hydrogens is 286 g/mol. The van der Waals surface area contributed by atoms with Crippen LogP contribution in [0.25, 0.3) is 0 Å². The van der Waals surface area contributed by atoms with Crippen LogP contribution in [0, 0.1) is 5.92 Å². The van der Waals surface area contributed by atoms with Gasteiger partial charge in [0.05, 0.1) is 12.9 Å². The largest absolute Gasteiger partial charge is 0.480 e. The average Bonchev–Trinajstić information content (AvgIpc) is 2.37. The topological polar surface area (TPSA) is 101 Å². The van der Waals surface area contributed by atoms with E-state index in [0.717, 1.165) is 4.31 Å². The van der Waals surface area contributed by atoms with Crippen LogP contribution >= 0.6 is 0 Å². The first-order valence-corrected chi connectivity index (χ1v) is 8.18. The second-order valence-corrected chi connectivity index (χ2v) is 7.13. The quantitative estimate of drug-likeness (QED) is 0.715. The van der Waals surface area contributed by atoms with Gasteiger partial charge in [0, 0.05) is 13.0 Å². The highest BCUT2D eigenvalue weighted by Crippen LogP contribution is 2.25. The van der Waals surface area contributed by atoms with Crippen LogP contribution < -0.4 is 0 Å². The van der Waals surface area contributed by atoms with Crippen molar-refractivity contribution < 1.29 is 27.9 Å². The van der Waals surface area contributed by atoms with E-state index < -0.39 is 28.0 Å². The van der Waals surface area contributed by atoms with Crippen molar-refractivity contribution in [2.75, 3.05) is 19.4 Å². The molecule has 1 fully saturated rings. The highest BCUT2D eigenvalue weighted by molar-refractivity contribution is 7.89. The number of nitrogens with zero attached hydrogens (tertiary/aromatic N) is 1. The Kier molecular flexibility index (Phi) is 5.94. The van der Waals surface area contributed by atoms with Gasteiger partial charge < -0.3 is 9.84 Å². The van der Waals surface area contributed by atoms with Crippen LogP contribution in [0.15, 0.2) is 0 Å². The summed E-state index contributed by atoms with van der Waals surface area (Å²) in [5.41, 5.74) is 0. The minimum atomic E-state index is -3.66. The van der Waals surface area contributed by atoms with Gasteiger partial charge in [0.1, 0.15) is 6.04 Å². The summed E-state index contributed by atoms with van der Waals surface area (Å²) in [6.07, 6.45) is 1.12. The third-order valence-electron chi connectivity index (χ3n) is 3.47. The van der Waals surface area contributed by atoms with Crippen LogP contribution in [-0.4, -0.2) is 55.2 Å². The Balaban J connectivity index is 2.69. The lowest BCUT2D eigenvalue weighted by Crippen LogP contribution is -2.50. The number of sulfonamides is 1. The molecule has 1 saturated heterocycles. The molecule has 1 rings (SSSR count). The lowest BCUT2D eigenvalue weighted by atomic mass is 9.94. The number of esters is 1. The van der Waals surface area contributed by atoms with E-state index in [9.17, 15) is 18.0 Å². The van der Waals surface area contributed by atoms with Crippen LogP contribution in [0.4, 0.5) is 0 Å². The van der Waals surface area contributed by atoms with Gasteiger partial charge in [-0.25, -0.2) is 8.42 Å². The molecule has 7 nitrogen and oxygen atoms in total. The number of rotatable bonds is 6. The number of hydrogen-bond donors (Lipinski definition) is 1. The second kappa shape index (κ2) is 7.03. The number of aliphatic carboxylic acids is 1. The number of carboxylic acids is 1. The van der Waals surface area contributed by atoms with Gasteiger partial charge >= 0.3 is 11.9 Å². The number of piperidine rings is 1. The van der Waals surface area contributed by atoms with Crippen LogP contribution in [0.2, 0.25) is 0 Å². The maximum Gasteiger partial charge on any atom is 0.322 e. The molecular formula is C12H21NO6S. The van der Waals surface area contributed by atoms with E-state index in [-0.39, 0.29) is 31.1 Å². The molecule has 0 aliphatic carbocycles. The van der Waals surface area contributed by atoms with Crippen molar-refractivity contribution >= 4 is 22.0 Å². The molecule has 0 bridgehead atoms. The van der Waals surface area contributed by atoms with Crippen LogP contribution in [0.5, 0.6) is 0 Å². The molecule has 0 aromatic carbocycles. The summed E-state index contributed by atoms with van der Waals surface area (Å²) in [4.78, 5) is 22.2. The maximum atomic E-state index is 12.2. The Morgan fingerprint density at radius 2 is 2.05 bits per heavy atom. The summed E-state index contributed by atoms with van der Waals surface area (Å²) in [7, 11) is -2.42. The standard InChI is InChI=1S/C12H21NO6S/c1-9-5-6-13(10(8-9)12(15)16)20(17,18)7-3-4-11(14)19-2/h9-10H,3-8H2,1-2H3,(H,15,16). The van der Waals surface area contributed by atoms with Gasteiger partial charge in [-0.15, -0.1) is 0 Å². The van der Waals surface area contributed by atoms with Crippen molar-refractivity contribution in [3.63, 3.8) is 0 Å². The molecule has 0 radical (unpaired) electrons. The zero-order valence-corrected chi connectivity index (χ0v) is 12.6. The van der Waals surface area contributed by atoms with Gasteiger partial charge in [-0.2, -0.15) is 4.31 Å². The first kappa shape index (κ1) is 16.9. The molecule has 0 spiro atoms. The Hall–Kier alpha value is -1.15. The minimum Gasteiger partial charge on any atom is -0.480 e. The highest BCUT2D eigenvalue weighted by Gasteiger charge is 2.38. The highest BCUT2D eigenvalue weighted by atomic mass is 32.2. The second-order valence-electron chi connectivity index (χ2n) is 5.09. The number of carbonyl (C=O) groups excluding carboxylic acids is 1. The summed E-state index contributed by atoms with van der Waals surface area (Å²) in [5.74, 6) is -1.63. The molecule has 1 aliphatic rings. The molecule has 2 unspecified atom stereocenters. The number of methoxy groups -OCH3 is 1. The smallest absolute Gasteiger partial charge is 0.322 e. The normalized spacial score (nSPS) is 24.3. The molecule has 2 atom stereocenters. The van der Waals surface area contributed by atoms with E-state index in [1.165, 1.54) is 7.11 Å². The van der Waals surface area contributed by atoms with E-state index >= 15 is 0 Å². The molecule has 1 aliphatic heterocycles. The first-order chi connectivity index (χ1) is 9.27. The van der Waals surface area contributed by atoms with Crippen molar-refractivity contribution in [2.24, 2.45) is 5.92 Å². The van der Waals surface area contributed by atoms with Gasteiger partial charge in [0.15, 0.2) is 0 Å². The Labute approximate surface area is 118 Å². The van der Waals surface area contributed by atoms with E-state index in [2.05, 4.69) is 4.74 Å². The Morgan fingerprint density at radius 3 is 2.60 bits per heavy atom. The van der Waals surface area contributed by atoms with Crippen molar-refractivity contribution in [1.82, 2.24) is 4.31 Å². The number of carboxylic acid groups (broad SMARTS) is 1. The third kappa shape index (κ3) is 4.45. The molecule has 1 N–H and O–H groups in total. The van der Waals surface area contributed by atoms with Crippen molar-refractivity contribution in [1.29, 1.82) is 0 Å². The van der Waals surface area contributed by atoms with Crippen LogP contribution in [-0.2, 0) is 24.3 Å². The molecule has 0 saturated carbocycles. The fraction of sp³-hybridized carbons (Fsp3) is 0.833. The summed E-state index contributed by atoms with van der Waals surface area (Å²) >= 11 is 0. The number of ether oxygens (including phenoxy) is 1. The lowest BCUT2D eigenvalue weighted by molar-refractivity contribution is -0.143. The molecule has 8 heteroatoms. The average molecular weight is 307 g/mol. The lowest BCUT2D eigenvalue weighted by Gasteiger charge is -2.34. The van der Waals surface area contributed by atoms with E-state index in [1.807, 2.05) is 6.92 Å². The third-order valence-corrected chi connectivity index (χ3v) is 5.42. The number of carbonyl (C=O) groups is 2. The van der Waals surface area contributed by atoms with Gasteiger partial charge in [-0.1, -0.05) is 6.92 Å². The molecule has 0 aromatic heterocycles. The molecule has 0 amide bonds. The van der Waals surface area contributed by atoms with Crippen molar-refractivity contribution in [3.8, 4) is 0 Å². The zero-order valence-electron chi connectivity index (χ0n) is 11.7. The van der Waals surface area contributed by atoms with Crippen LogP contribution in [0.1, 0.15) is 32.6 Å². The summed E-state index contributed by atoms with van der Waals surface area (Å²) < 4.78 is 29.9. The monoisotopic (exact) mass is 307 g/mol.